The molecule has 17 heteroatoms. The van der Waals surface area contributed by atoms with E-state index in [0.29, 0.717) is 28.1 Å². The lowest BCUT2D eigenvalue weighted by atomic mass is 9.99. The number of hydrogen-bond acceptors (Lipinski definition) is 11. The summed E-state index contributed by atoms with van der Waals surface area (Å²) >= 11 is 7.93. The summed E-state index contributed by atoms with van der Waals surface area (Å²) in [5.41, 5.74) is 4.59. The first-order valence-corrected chi connectivity index (χ1v) is 22.2. The van der Waals surface area contributed by atoms with E-state index in [9.17, 15) is 27.3 Å². The maximum atomic E-state index is 13.7. The van der Waals surface area contributed by atoms with Crippen LogP contribution in [0.15, 0.2) is 131 Å². The Kier molecular flexibility index (Phi) is 14.1. The molecule has 1 saturated heterocycles. The number of rotatable bonds is 18. The Bertz CT molecular complexity index is 2520. The van der Waals surface area contributed by atoms with E-state index in [1.807, 2.05) is 72.8 Å². The highest BCUT2D eigenvalue weighted by atomic mass is 35.5. The minimum atomic E-state index is -4.35. The third kappa shape index (κ3) is 11.1. The summed E-state index contributed by atoms with van der Waals surface area (Å²) in [6.07, 6.45) is -0.855. The van der Waals surface area contributed by atoms with E-state index in [2.05, 4.69) is 53.3 Å². The fourth-order valence-corrected chi connectivity index (χ4v) is 9.31. The number of anilines is 3. The molecule has 0 radical (unpaired) electrons. The number of hydrogen-bond donors (Lipinski definition) is 3. The van der Waals surface area contributed by atoms with Crippen LogP contribution in [-0.2, 0) is 16.6 Å². The quantitative estimate of drug-likeness (QED) is 0.0330. The second-order valence-corrected chi connectivity index (χ2v) is 17.5. The molecule has 60 heavy (non-hydrogen) atoms. The highest BCUT2D eigenvalue weighted by Gasteiger charge is 2.25. The molecule has 2 heterocycles. The van der Waals surface area contributed by atoms with Crippen molar-refractivity contribution in [3.63, 3.8) is 0 Å². The zero-order chi connectivity index (χ0) is 42.1. The van der Waals surface area contributed by atoms with Gasteiger partial charge in [0.2, 0.25) is 0 Å². The number of nitrogens with one attached hydrogen (secondary N) is 3. The van der Waals surface area contributed by atoms with Gasteiger partial charge in [-0.1, -0.05) is 66.2 Å². The van der Waals surface area contributed by atoms with Crippen molar-refractivity contribution in [1.82, 2.24) is 20.2 Å². The van der Waals surface area contributed by atoms with Crippen LogP contribution in [0.25, 0.3) is 22.0 Å². The molecule has 0 aliphatic carbocycles. The van der Waals surface area contributed by atoms with Crippen molar-refractivity contribution in [3.8, 4) is 11.1 Å². The smallest absolute Gasteiger partial charge is 0.293 e. The van der Waals surface area contributed by atoms with Crippen LogP contribution in [0.2, 0.25) is 5.02 Å². The monoisotopic (exact) mass is 872 g/mol. The highest BCUT2D eigenvalue weighted by molar-refractivity contribution is 7.99. The van der Waals surface area contributed by atoms with Crippen molar-refractivity contribution >= 4 is 67.2 Å². The van der Waals surface area contributed by atoms with E-state index in [1.54, 1.807) is 6.07 Å². The van der Waals surface area contributed by atoms with Gasteiger partial charge in [0.15, 0.2) is 5.82 Å². The maximum Gasteiger partial charge on any atom is 0.293 e. The number of piperazine rings is 1. The fourth-order valence-electron chi connectivity index (χ4n) is 7.08. The molecular weight excluding hydrogens is 830 g/mol. The number of aromatic nitrogens is 2. The number of nitro benzene ring substituents is 1. The Morgan fingerprint density at radius 2 is 1.63 bits per heavy atom. The summed E-state index contributed by atoms with van der Waals surface area (Å²) in [5.74, 6) is 0.504. The Hall–Kier alpha value is -5.39. The first-order valence-electron chi connectivity index (χ1n) is 19.3. The van der Waals surface area contributed by atoms with Gasteiger partial charge in [0.1, 0.15) is 12.0 Å². The van der Waals surface area contributed by atoms with Crippen LogP contribution in [0, 0.1) is 10.1 Å². The van der Waals surface area contributed by atoms with Gasteiger partial charge < -0.3 is 15.5 Å². The molecule has 0 bridgehead atoms. The van der Waals surface area contributed by atoms with E-state index in [1.165, 1.54) is 35.8 Å². The van der Waals surface area contributed by atoms with Gasteiger partial charge in [0, 0.05) is 71.6 Å². The van der Waals surface area contributed by atoms with E-state index < -0.39 is 33.6 Å². The molecule has 5 aromatic carbocycles. The van der Waals surface area contributed by atoms with Crippen molar-refractivity contribution in [2.24, 2.45) is 0 Å². The van der Waals surface area contributed by atoms with Gasteiger partial charge >= 0.3 is 0 Å². The zero-order valence-electron chi connectivity index (χ0n) is 32.4. The molecular formula is C43H43ClF2N8O4S2. The van der Waals surface area contributed by atoms with Crippen LogP contribution < -0.4 is 20.3 Å². The number of sulfonamides is 1. The molecule has 6 aromatic rings. The molecule has 0 spiro atoms. The molecule has 3 N–H and O–H groups in total. The van der Waals surface area contributed by atoms with Gasteiger partial charge in [-0.3, -0.25) is 19.7 Å². The highest BCUT2D eigenvalue weighted by Crippen LogP contribution is 2.33. The lowest BCUT2D eigenvalue weighted by molar-refractivity contribution is -0.384. The summed E-state index contributed by atoms with van der Waals surface area (Å²) in [4.78, 5) is 25.6. The summed E-state index contributed by atoms with van der Waals surface area (Å²) in [7, 11) is -4.35. The molecule has 7 rings (SSSR count). The summed E-state index contributed by atoms with van der Waals surface area (Å²) in [6, 6.07) is 34.6. The van der Waals surface area contributed by atoms with Crippen molar-refractivity contribution in [2.75, 3.05) is 60.0 Å². The average molecular weight is 873 g/mol. The Balaban J connectivity index is 1.02. The fraction of sp³-hybridized carbons (Fsp3) is 0.256. The lowest BCUT2D eigenvalue weighted by Gasteiger charge is -2.36. The minimum Gasteiger partial charge on any atom is -0.376 e. The molecule has 1 aliphatic heterocycles. The van der Waals surface area contributed by atoms with Crippen molar-refractivity contribution < 1.29 is 22.1 Å². The number of benzene rings is 5. The van der Waals surface area contributed by atoms with E-state index in [4.69, 9.17) is 11.6 Å². The predicted molar refractivity (Wildman–Crippen MR) is 236 cm³/mol. The number of nitrogens with zero attached hydrogens (tertiary/aromatic N) is 5. The topological polar surface area (TPSA) is 146 Å². The average Bonchev–Trinajstić information content (AvgIpc) is 3.25. The van der Waals surface area contributed by atoms with E-state index >= 15 is 0 Å². The first kappa shape index (κ1) is 42.7. The SMILES string of the molecule is O=[N+]([O-])c1cc(S(=O)(=O)Nc2ncnc3cc(N4CCN(Cc5cc(Cl)ccc5-c5ccccc5)CC4)ccc23)ccc1NC(CCNCC(F)F)CSc1ccccc1. The lowest BCUT2D eigenvalue weighted by Crippen LogP contribution is -2.46. The van der Waals surface area contributed by atoms with Crippen LogP contribution in [0.3, 0.4) is 0 Å². The number of halogens is 3. The standard InChI is InChI=1S/C43H43ClF2N8O4S2/c44-32-11-14-37(30-7-3-1-4-8-30)31(23-32)27-52-19-21-53(22-20-52)34-12-15-38-40(24-34)48-29-49-43(38)51-60(57,58)36-13-16-39(41(25-36)54(55)56)50-33(17-18-47-26-42(45)46)28-59-35-9-5-2-6-10-35/h1-16,23-25,29,33,42,47,50H,17-22,26-28H2,(H,48,49,51). The molecule has 0 saturated carbocycles. The van der Waals surface area contributed by atoms with E-state index in [0.717, 1.165) is 60.5 Å². The number of alkyl halides is 2. The van der Waals surface area contributed by atoms with Crippen molar-refractivity contribution in [2.45, 2.75) is 35.2 Å². The second-order valence-electron chi connectivity index (χ2n) is 14.2. The maximum absolute atomic E-state index is 13.7. The van der Waals surface area contributed by atoms with Crippen LogP contribution in [0.4, 0.5) is 31.7 Å². The summed E-state index contributed by atoms with van der Waals surface area (Å²) in [5, 5.41) is 19.3. The van der Waals surface area contributed by atoms with Gasteiger partial charge in [0.25, 0.3) is 22.1 Å². The predicted octanol–water partition coefficient (Wildman–Crippen LogP) is 8.80. The van der Waals surface area contributed by atoms with E-state index in [-0.39, 0.29) is 29.0 Å². The van der Waals surface area contributed by atoms with Gasteiger partial charge in [-0.2, -0.15) is 0 Å². The summed E-state index contributed by atoms with van der Waals surface area (Å²) in [6.45, 7) is 3.70. The largest absolute Gasteiger partial charge is 0.376 e. The van der Waals surface area contributed by atoms with Crippen LogP contribution in [-0.4, -0.2) is 85.7 Å². The third-order valence-corrected chi connectivity index (χ3v) is 12.9. The number of thioether (sulfide) groups is 1. The number of fused-ring (bicyclic) bond motifs is 1. The Morgan fingerprint density at radius 3 is 2.37 bits per heavy atom. The molecule has 1 fully saturated rings. The Morgan fingerprint density at radius 1 is 0.883 bits per heavy atom. The normalized spacial score (nSPS) is 14.0. The van der Waals surface area contributed by atoms with Crippen LogP contribution in [0.5, 0.6) is 0 Å². The van der Waals surface area contributed by atoms with Gasteiger partial charge in [-0.05, 0) is 84.3 Å². The van der Waals surface area contributed by atoms with Gasteiger partial charge in [-0.25, -0.2) is 27.2 Å². The molecule has 12 nitrogen and oxygen atoms in total. The molecule has 0 amide bonds. The Labute approximate surface area is 356 Å². The molecule has 1 aliphatic rings. The molecule has 1 unspecified atom stereocenters. The van der Waals surface area contributed by atoms with Crippen molar-refractivity contribution in [1.29, 1.82) is 0 Å². The van der Waals surface area contributed by atoms with Crippen molar-refractivity contribution in [3.05, 3.63) is 142 Å². The summed E-state index contributed by atoms with van der Waals surface area (Å²) < 4.78 is 55.5. The second kappa shape index (κ2) is 19.8. The zero-order valence-corrected chi connectivity index (χ0v) is 34.8. The van der Waals surface area contributed by atoms with Gasteiger partial charge in [-0.15, -0.1) is 11.8 Å². The minimum absolute atomic E-state index is 0.0336. The van der Waals surface area contributed by atoms with Gasteiger partial charge in [0.05, 0.1) is 21.9 Å². The first-order chi connectivity index (χ1) is 29.0. The molecule has 1 aromatic heterocycles. The van der Waals surface area contributed by atoms with Crippen LogP contribution >= 0.6 is 23.4 Å². The third-order valence-electron chi connectivity index (χ3n) is 10.1. The molecule has 1 atom stereocenters. The van der Waals surface area contributed by atoms with Crippen LogP contribution in [0.1, 0.15) is 12.0 Å². The number of nitro groups is 1. The molecule has 312 valence electrons.